The van der Waals surface area contributed by atoms with Crippen molar-refractivity contribution < 1.29 is 13.2 Å². The van der Waals surface area contributed by atoms with Crippen LogP contribution in [0.4, 0.5) is 5.69 Å². The van der Waals surface area contributed by atoms with E-state index in [1.807, 2.05) is 13.0 Å². The standard InChI is InChI=1S/C17H19ClN2O3S/c1-13-5-3-6-14(11-13)17(21)19-9-10-20(24(2,22)23)16-8-4-7-15(18)12-16/h3-8,11-12H,9-10H2,1-2H3,(H,19,21). The Labute approximate surface area is 147 Å². The van der Waals surface area contributed by atoms with Crippen LogP contribution in [0.5, 0.6) is 0 Å². The number of rotatable bonds is 6. The van der Waals surface area contributed by atoms with Crippen LogP contribution in [0.25, 0.3) is 0 Å². The third kappa shape index (κ3) is 4.97. The average molecular weight is 367 g/mol. The Morgan fingerprint density at radius 3 is 2.50 bits per heavy atom. The minimum atomic E-state index is -3.48. The van der Waals surface area contributed by atoms with E-state index >= 15 is 0 Å². The third-order valence-electron chi connectivity index (χ3n) is 3.38. The molecule has 0 fully saturated rings. The number of benzene rings is 2. The highest BCUT2D eigenvalue weighted by molar-refractivity contribution is 7.92. The predicted octanol–water partition coefficient (Wildman–Crippen LogP) is 2.84. The number of aryl methyl sites for hydroxylation is 1. The topological polar surface area (TPSA) is 66.5 Å². The van der Waals surface area contributed by atoms with Gasteiger partial charge in [0.2, 0.25) is 10.0 Å². The van der Waals surface area contributed by atoms with E-state index in [9.17, 15) is 13.2 Å². The number of carbonyl (C=O) groups is 1. The van der Waals surface area contributed by atoms with Crippen molar-refractivity contribution in [1.82, 2.24) is 5.32 Å². The van der Waals surface area contributed by atoms with Crippen molar-refractivity contribution in [2.24, 2.45) is 0 Å². The summed E-state index contributed by atoms with van der Waals surface area (Å²) < 4.78 is 25.2. The van der Waals surface area contributed by atoms with Gasteiger partial charge in [-0.15, -0.1) is 0 Å². The molecule has 0 bridgehead atoms. The number of anilines is 1. The first-order chi connectivity index (χ1) is 11.3. The third-order valence-corrected chi connectivity index (χ3v) is 4.81. The molecule has 7 heteroatoms. The van der Waals surface area contributed by atoms with Gasteiger partial charge in [0.1, 0.15) is 0 Å². The molecular formula is C17H19ClN2O3S. The second-order valence-electron chi connectivity index (χ2n) is 5.44. The summed E-state index contributed by atoms with van der Waals surface area (Å²) in [6.07, 6.45) is 1.12. The molecule has 0 aromatic heterocycles. The lowest BCUT2D eigenvalue weighted by Gasteiger charge is -2.22. The summed E-state index contributed by atoms with van der Waals surface area (Å²) >= 11 is 5.93. The van der Waals surface area contributed by atoms with Gasteiger partial charge in [0.15, 0.2) is 0 Å². The maximum atomic E-state index is 12.1. The highest BCUT2D eigenvalue weighted by Crippen LogP contribution is 2.21. The predicted molar refractivity (Wildman–Crippen MR) is 97.2 cm³/mol. The van der Waals surface area contributed by atoms with Crippen LogP contribution in [-0.4, -0.2) is 33.7 Å². The first kappa shape index (κ1) is 18.3. The van der Waals surface area contributed by atoms with E-state index in [-0.39, 0.29) is 19.0 Å². The number of nitrogens with zero attached hydrogens (tertiary/aromatic N) is 1. The van der Waals surface area contributed by atoms with Crippen LogP contribution in [0.15, 0.2) is 48.5 Å². The fourth-order valence-electron chi connectivity index (χ4n) is 2.28. The Balaban J connectivity index is 2.05. The molecule has 0 unspecified atom stereocenters. The number of hydrogen-bond acceptors (Lipinski definition) is 3. The van der Waals surface area contributed by atoms with E-state index in [4.69, 9.17) is 11.6 Å². The Kier molecular flexibility index (Phi) is 5.85. The fraction of sp³-hybridized carbons (Fsp3) is 0.235. The summed E-state index contributed by atoms with van der Waals surface area (Å²) in [5, 5.41) is 3.18. The maximum Gasteiger partial charge on any atom is 0.251 e. The van der Waals surface area contributed by atoms with Gasteiger partial charge in [0, 0.05) is 17.1 Å². The normalized spacial score (nSPS) is 11.1. The summed E-state index contributed by atoms with van der Waals surface area (Å²) in [5.74, 6) is -0.238. The van der Waals surface area contributed by atoms with Crippen molar-refractivity contribution in [3.05, 3.63) is 64.7 Å². The van der Waals surface area contributed by atoms with Crippen molar-refractivity contribution in [3.8, 4) is 0 Å². The molecule has 1 N–H and O–H groups in total. The SMILES string of the molecule is Cc1cccc(C(=O)NCCN(c2cccc(Cl)c2)S(C)(=O)=O)c1. The number of nitrogens with one attached hydrogen (secondary N) is 1. The first-order valence-corrected chi connectivity index (χ1v) is 9.58. The van der Waals surface area contributed by atoms with Gasteiger partial charge >= 0.3 is 0 Å². The smallest absolute Gasteiger partial charge is 0.251 e. The van der Waals surface area contributed by atoms with Crippen LogP contribution in [0.2, 0.25) is 5.02 Å². The lowest BCUT2D eigenvalue weighted by Crippen LogP contribution is -2.38. The molecule has 5 nitrogen and oxygen atoms in total. The summed E-state index contributed by atoms with van der Waals surface area (Å²) in [4.78, 5) is 12.1. The van der Waals surface area contributed by atoms with Crippen molar-refractivity contribution in [2.75, 3.05) is 23.7 Å². The van der Waals surface area contributed by atoms with Gasteiger partial charge in [-0.1, -0.05) is 35.4 Å². The van der Waals surface area contributed by atoms with E-state index in [1.54, 1.807) is 42.5 Å². The number of hydrogen-bond donors (Lipinski definition) is 1. The zero-order valence-electron chi connectivity index (χ0n) is 13.5. The monoisotopic (exact) mass is 366 g/mol. The molecule has 2 aromatic rings. The molecule has 0 heterocycles. The summed E-state index contributed by atoms with van der Waals surface area (Å²) in [6.45, 7) is 2.21. The van der Waals surface area contributed by atoms with Gasteiger partial charge in [0.25, 0.3) is 5.91 Å². The molecule has 0 spiro atoms. The Morgan fingerprint density at radius 1 is 1.17 bits per heavy atom. The van der Waals surface area contributed by atoms with Crippen LogP contribution < -0.4 is 9.62 Å². The molecule has 0 radical (unpaired) electrons. The molecule has 128 valence electrons. The van der Waals surface area contributed by atoms with Crippen LogP contribution in [-0.2, 0) is 10.0 Å². The van der Waals surface area contributed by atoms with Crippen molar-refractivity contribution in [1.29, 1.82) is 0 Å². The molecule has 2 rings (SSSR count). The van der Waals surface area contributed by atoms with E-state index in [2.05, 4.69) is 5.32 Å². The van der Waals surface area contributed by atoms with Gasteiger partial charge in [-0.3, -0.25) is 9.10 Å². The van der Waals surface area contributed by atoms with E-state index in [0.29, 0.717) is 16.3 Å². The number of carbonyl (C=O) groups excluding carboxylic acids is 1. The van der Waals surface area contributed by atoms with Gasteiger partial charge < -0.3 is 5.32 Å². The zero-order chi connectivity index (χ0) is 17.7. The van der Waals surface area contributed by atoms with Crippen molar-refractivity contribution >= 4 is 33.2 Å². The molecule has 1 amide bonds. The summed E-state index contributed by atoms with van der Waals surface area (Å²) in [7, 11) is -3.48. The van der Waals surface area contributed by atoms with E-state index in [0.717, 1.165) is 11.8 Å². The number of halogens is 1. The molecule has 0 saturated carbocycles. The fourth-order valence-corrected chi connectivity index (χ4v) is 3.38. The summed E-state index contributed by atoms with van der Waals surface area (Å²) in [5.41, 5.74) is 2.00. The highest BCUT2D eigenvalue weighted by atomic mass is 35.5. The Hall–Kier alpha value is -2.05. The lowest BCUT2D eigenvalue weighted by molar-refractivity contribution is 0.0954. The second-order valence-corrected chi connectivity index (χ2v) is 7.78. The van der Waals surface area contributed by atoms with Crippen LogP contribution in [0.3, 0.4) is 0 Å². The van der Waals surface area contributed by atoms with Crippen LogP contribution >= 0.6 is 11.6 Å². The molecule has 0 saturated heterocycles. The van der Waals surface area contributed by atoms with E-state index in [1.165, 1.54) is 4.31 Å². The zero-order valence-corrected chi connectivity index (χ0v) is 15.1. The van der Waals surface area contributed by atoms with Gasteiger partial charge in [-0.05, 0) is 37.3 Å². The van der Waals surface area contributed by atoms with Crippen molar-refractivity contribution in [3.63, 3.8) is 0 Å². The maximum absolute atomic E-state index is 12.1. The lowest BCUT2D eigenvalue weighted by atomic mass is 10.1. The first-order valence-electron chi connectivity index (χ1n) is 7.35. The average Bonchev–Trinajstić information content (AvgIpc) is 2.50. The minimum Gasteiger partial charge on any atom is -0.350 e. The van der Waals surface area contributed by atoms with Gasteiger partial charge in [-0.25, -0.2) is 8.42 Å². The molecule has 0 aliphatic carbocycles. The highest BCUT2D eigenvalue weighted by Gasteiger charge is 2.17. The van der Waals surface area contributed by atoms with Gasteiger partial charge in [-0.2, -0.15) is 0 Å². The Bertz CT molecular complexity index is 837. The number of amides is 1. The Morgan fingerprint density at radius 2 is 1.88 bits per heavy atom. The van der Waals surface area contributed by atoms with E-state index < -0.39 is 10.0 Å². The minimum absolute atomic E-state index is 0.122. The second kappa shape index (κ2) is 7.68. The van der Waals surface area contributed by atoms with Crippen LogP contribution in [0.1, 0.15) is 15.9 Å². The molecule has 24 heavy (non-hydrogen) atoms. The molecule has 0 aliphatic rings. The van der Waals surface area contributed by atoms with Crippen molar-refractivity contribution in [2.45, 2.75) is 6.92 Å². The quantitative estimate of drug-likeness (QED) is 0.854. The molecule has 0 aliphatic heterocycles. The van der Waals surface area contributed by atoms with Crippen LogP contribution in [0, 0.1) is 6.92 Å². The largest absolute Gasteiger partial charge is 0.350 e. The molecule has 2 aromatic carbocycles. The van der Waals surface area contributed by atoms with Gasteiger partial charge in [0.05, 0.1) is 18.5 Å². The molecular weight excluding hydrogens is 348 g/mol. The molecule has 0 atom stereocenters. The summed E-state index contributed by atoms with van der Waals surface area (Å²) in [6, 6.07) is 13.8. The number of sulfonamides is 1.